The summed E-state index contributed by atoms with van der Waals surface area (Å²) in [5, 5.41) is 7.34. The maximum Gasteiger partial charge on any atom is 0.0586 e. The topological polar surface area (TPSA) is 24.1 Å². The first kappa shape index (κ1) is 20.7. The molecule has 1 aliphatic rings. The van der Waals surface area contributed by atoms with Gasteiger partial charge in [-0.1, -0.05) is 77.2 Å². The minimum Gasteiger partial charge on any atom is -0.302 e. The predicted molar refractivity (Wildman–Crippen MR) is 104 cm³/mol. The molecule has 0 bridgehead atoms. The molecule has 2 unspecified atom stereocenters. The van der Waals surface area contributed by atoms with Gasteiger partial charge in [-0.15, -0.1) is 6.58 Å². The minimum absolute atomic E-state index is 0.602. The summed E-state index contributed by atoms with van der Waals surface area (Å²) in [6.45, 7) is 7.29. The van der Waals surface area contributed by atoms with E-state index in [-0.39, 0.29) is 0 Å². The van der Waals surface area contributed by atoms with E-state index >= 15 is 0 Å². The summed E-state index contributed by atoms with van der Waals surface area (Å²) < 4.78 is 0. The average Bonchev–Trinajstić information content (AvgIpc) is 2.52. The lowest BCUT2D eigenvalue weighted by molar-refractivity contribution is 0.258. The molecule has 2 N–H and O–H groups in total. The van der Waals surface area contributed by atoms with Crippen LogP contribution in [0.25, 0.3) is 0 Å². The van der Waals surface area contributed by atoms with Gasteiger partial charge in [-0.2, -0.15) is 0 Å². The Morgan fingerprint density at radius 1 is 0.957 bits per heavy atom. The van der Waals surface area contributed by atoms with E-state index in [2.05, 4.69) is 24.1 Å². The normalized spacial score (nSPS) is 18.6. The van der Waals surface area contributed by atoms with Crippen molar-refractivity contribution in [3.63, 3.8) is 0 Å². The first-order valence-corrected chi connectivity index (χ1v) is 10.5. The van der Waals surface area contributed by atoms with Gasteiger partial charge in [0, 0.05) is 6.04 Å². The standard InChI is InChI=1S/C21H42N2/c1-3-5-7-9-11-13-15-17-20(23-21-18-19-22-21)16-14-12-10-8-6-4-2/h4,20-23H,2-3,5-19H2,1H3. The van der Waals surface area contributed by atoms with Crippen LogP contribution in [0.5, 0.6) is 0 Å². The van der Waals surface area contributed by atoms with Gasteiger partial charge in [0.2, 0.25) is 0 Å². The van der Waals surface area contributed by atoms with Gasteiger partial charge >= 0.3 is 0 Å². The fraction of sp³-hybridized carbons (Fsp3) is 0.905. The van der Waals surface area contributed by atoms with Crippen molar-refractivity contribution in [2.75, 3.05) is 6.54 Å². The Bertz CT molecular complexity index is 261. The van der Waals surface area contributed by atoms with Gasteiger partial charge in [0.25, 0.3) is 0 Å². The Kier molecular flexibility index (Phi) is 13.7. The van der Waals surface area contributed by atoms with Gasteiger partial charge in [-0.3, -0.25) is 5.32 Å². The van der Waals surface area contributed by atoms with Gasteiger partial charge in [0.05, 0.1) is 6.17 Å². The van der Waals surface area contributed by atoms with Crippen molar-refractivity contribution < 1.29 is 0 Å². The number of rotatable bonds is 17. The van der Waals surface area contributed by atoms with Crippen LogP contribution in [0.1, 0.15) is 103 Å². The largest absolute Gasteiger partial charge is 0.302 e. The zero-order chi connectivity index (χ0) is 16.6. The minimum atomic E-state index is 0.602. The Balaban J connectivity index is 2.04. The van der Waals surface area contributed by atoms with E-state index < -0.39 is 0 Å². The molecule has 0 aromatic carbocycles. The molecule has 0 aromatic rings. The van der Waals surface area contributed by atoms with Crippen LogP contribution in [0.15, 0.2) is 12.7 Å². The Labute approximate surface area is 145 Å². The van der Waals surface area contributed by atoms with E-state index in [4.69, 9.17) is 0 Å². The molecule has 136 valence electrons. The third-order valence-corrected chi connectivity index (χ3v) is 5.13. The summed E-state index contributed by atoms with van der Waals surface area (Å²) in [5.74, 6) is 0. The van der Waals surface area contributed by atoms with E-state index in [1.54, 1.807) is 0 Å². The SMILES string of the molecule is C=CCCCCCCC(CCCCCCCCC)NC1CCN1. The molecule has 23 heavy (non-hydrogen) atoms. The summed E-state index contributed by atoms with van der Waals surface area (Å²) in [7, 11) is 0. The Morgan fingerprint density at radius 3 is 2.04 bits per heavy atom. The molecule has 0 aromatic heterocycles. The Morgan fingerprint density at radius 2 is 1.52 bits per heavy atom. The lowest BCUT2D eigenvalue weighted by atomic mass is 9.99. The lowest BCUT2D eigenvalue weighted by Crippen LogP contribution is -2.55. The molecule has 1 fully saturated rings. The zero-order valence-electron chi connectivity index (χ0n) is 15.8. The summed E-state index contributed by atoms with van der Waals surface area (Å²) in [5.41, 5.74) is 0. The average molecular weight is 323 g/mol. The van der Waals surface area contributed by atoms with E-state index in [0.717, 1.165) is 6.04 Å². The highest BCUT2D eigenvalue weighted by Gasteiger charge is 2.19. The van der Waals surface area contributed by atoms with Crippen LogP contribution < -0.4 is 10.6 Å². The van der Waals surface area contributed by atoms with Gasteiger partial charge in [-0.05, 0) is 38.6 Å². The summed E-state index contributed by atoms with van der Waals surface area (Å²) in [6, 6.07) is 0.739. The molecular formula is C21H42N2. The molecule has 0 aliphatic carbocycles. The second-order valence-electron chi connectivity index (χ2n) is 7.35. The van der Waals surface area contributed by atoms with Crippen LogP contribution in [-0.2, 0) is 0 Å². The molecule has 1 aliphatic heterocycles. The van der Waals surface area contributed by atoms with Crippen molar-refractivity contribution in [2.45, 2.75) is 115 Å². The third-order valence-electron chi connectivity index (χ3n) is 5.13. The molecule has 0 saturated carbocycles. The number of nitrogens with one attached hydrogen (secondary N) is 2. The summed E-state index contributed by atoms with van der Waals surface area (Å²) in [4.78, 5) is 0. The second-order valence-corrected chi connectivity index (χ2v) is 7.35. The number of unbranched alkanes of at least 4 members (excludes halogenated alkanes) is 10. The highest BCUT2D eigenvalue weighted by molar-refractivity contribution is 4.80. The van der Waals surface area contributed by atoms with E-state index in [1.165, 1.54) is 103 Å². The summed E-state index contributed by atoms with van der Waals surface area (Å²) >= 11 is 0. The van der Waals surface area contributed by atoms with E-state index in [9.17, 15) is 0 Å². The second kappa shape index (κ2) is 15.2. The monoisotopic (exact) mass is 322 g/mol. The molecule has 2 heteroatoms. The van der Waals surface area contributed by atoms with Crippen LogP contribution >= 0.6 is 0 Å². The quantitative estimate of drug-likeness (QED) is 0.256. The third kappa shape index (κ3) is 11.8. The van der Waals surface area contributed by atoms with Gasteiger partial charge in [0.1, 0.15) is 0 Å². The van der Waals surface area contributed by atoms with Crippen molar-refractivity contribution in [2.24, 2.45) is 0 Å². The first-order chi connectivity index (χ1) is 11.4. The molecule has 2 atom stereocenters. The fourth-order valence-corrected chi connectivity index (χ4v) is 3.41. The molecule has 0 amide bonds. The van der Waals surface area contributed by atoms with Crippen LogP contribution in [0.3, 0.4) is 0 Å². The molecule has 1 saturated heterocycles. The van der Waals surface area contributed by atoms with Crippen molar-refractivity contribution in [3.05, 3.63) is 12.7 Å². The number of hydrogen-bond donors (Lipinski definition) is 2. The Hall–Kier alpha value is -0.340. The molecule has 1 rings (SSSR count). The molecule has 1 heterocycles. The first-order valence-electron chi connectivity index (χ1n) is 10.5. The molecule has 0 radical (unpaired) electrons. The lowest BCUT2D eigenvalue weighted by Gasteiger charge is -2.33. The van der Waals surface area contributed by atoms with Crippen molar-refractivity contribution in [1.82, 2.24) is 10.6 Å². The molecule has 2 nitrogen and oxygen atoms in total. The van der Waals surface area contributed by atoms with E-state index in [1.807, 2.05) is 6.08 Å². The van der Waals surface area contributed by atoms with E-state index in [0.29, 0.717) is 6.17 Å². The van der Waals surface area contributed by atoms with Gasteiger partial charge < -0.3 is 5.32 Å². The van der Waals surface area contributed by atoms with Gasteiger partial charge in [0.15, 0.2) is 0 Å². The molecular weight excluding hydrogens is 280 g/mol. The predicted octanol–water partition coefficient (Wildman–Crippen LogP) is 5.93. The smallest absolute Gasteiger partial charge is 0.0586 e. The fourth-order valence-electron chi connectivity index (χ4n) is 3.41. The highest BCUT2D eigenvalue weighted by Crippen LogP contribution is 2.15. The summed E-state index contributed by atoms with van der Waals surface area (Å²) in [6.07, 6.45) is 23.3. The maximum absolute atomic E-state index is 3.84. The molecule has 0 spiro atoms. The van der Waals surface area contributed by atoms with Crippen molar-refractivity contribution in [1.29, 1.82) is 0 Å². The van der Waals surface area contributed by atoms with Crippen LogP contribution in [-0.4, -0.2) is 18.8 Å². The zero-order valence-corrected chi connectivity index (χ0v) is 15.8. The van der Waals surface area contributed by atoms with Crippen LogP contribution in [0.4, 0.5) is 0 Å². The van der Waals surface area contributed by atoms with Crippen LogP contribution in [0.2, 0.25) is 0 Å². The van der Waals surface area contributed by atoms with Crippen LogP contribution in [0, 0.1) is 0 Å². The van der Waals surface area contributed by atoms with Crippen molar-refractivity contribution >= 4 is 0 Å². The highest BCUT2D eigenvalue weighted by atomic mass is 15.2. The number of allylic oxidation sites excluding steroid dienone is 1. The maximum atomic E-state index is 3.84. The number of hydrogen-bond acceptors (Lipinski definition) is 2. The van der Waals surface area contributed by atoms with Gasteiger partial charge in [-0.25, -0.2) is 0 Å². The van der Waals surface area contributed by atoms with Crippen molar-refractivity contribution in [3.8, 4) is 0 Å².